The summed E-state index contributed by atoms with van der Waals surface area (Å²) in [7, 11) is 1.75. The lowest BCUT2D eigenvalue weighted by molar-refractivity contribution is 0.871. The van der Waals surface area contributed by atoms with Crippen molar-refractivity contribution in [2.75, 3.05) is 0 Å². The molecule has 0 aromatic carbocycles. The van der Waals surface area contributed by atoms with Crippen LogP contribution in [0.5, 0.6) is 0 Å². The Balaban J connectivity index is 3.06. The summed E-state index contributed by atoms with van der Waals surface area (Å²) in [5.41, 5.74) is 0.969. The standard InChI is InChI=1S/C10H10N2O/c1-7-5-11-6-8-3-4-12(2)10(13)9(7)8/h3-6H,1-2H3. The van der Waals surface area contributed by atoms with E-state index in [-0.39, 0.29) is 5.56 Å². The van der Waals surface area contributed by atoms with E-state index < -0.39 is 0 Å². The fourth-order valence-corrected chi connectivity index (χ4v) is 1.44. The number of fused-ring (bicyclic) bond motifs is 1. The van der Waals surface area contributed by atoms with Gasteiger partial charge in [0.15, 0.2) is 0 Å². The third kappa shape index (κ3) is 1.13. The highest BCUT2D eigenvalue weighted by molar-refractivity contribution is 5.83. The maximum atomic E-state index is 11.7. The number of hydrogen-bond donors (Lipinski definition) is 0. The Kier molecular flexibility index (Phi) is 1.65. The topological polar surface area (TPSA) is 34.9 Å². The highest BCUT2D eigenvalue weighted by atomic mass is 16.1. The van der Waals surface area contributed by atoms with Gasteiger partial charge in [-0.15, -0.1) is 0 Å². The molecule has 0 atom stereocenters. The molecule has 2 heterocycles. The highest BCUT2D eigenvalue weighted by Gasteiger charge is 2.02. The van der Waals surface area contributed by atoms with Crippen LogP contribution in [0.2, 0.25) is 0 Å². The summed E-state index contributed by atoms with van der Waals surface area (Å²) in [5.74, 6) is 0. The number of aromatic nitrogens is 2. The van der Waals surface area contributed by atoms with Crippen LogP contribution >= 0.6 is 0 Å². The van der Waals surface area contributed by atoms with Gasteiger partial charge in [-0.25, -0.2) is 0 Å². The van der Waals surface area contributed by atoms with Crippen LogP contribution in [0.4, 0.5) is 0 Å². The molecule has 0 aliphatic carbocycles. The molecule has 66 valence electrons. The molecule has 3 nitrogen and oxygen atoms in total. The van der Waals surface area contributed by atoms with Crippen LogP contribution in [-0.4, -0.2) is 9.55 Å². The molecule has 2 rings (SSSR count). The Labute approximate surface area is 75.7 Å². The van der Waals surface area contributed by atoms with E-state index in [9.17, 15) is 4.79 Å². The van der Waals surface area contributed by atoms with Crippen molar-refractivity contribution in [1.82, 2.24) is 9.55 Å². The first-order valence-electron chi connectivity index (χ1n) is 4.10. The van der Waals surface area contributed by atoms with E-state index >= 15 is 0 Å². The first kappa shape index (κ1) is 7.98. The van der Waals surface area contributed by atoms with Crippen molar-refractivity contribution in [2.45, 2.75) is 6.92 Å². The lowest BCUT2D eigenvalue weighted by Gasteiger charge is -2.02. The Morgan fingerprint density at radius 1 is 1.38 bits per heavy atom. The molecule has 0 spiro atoms. The van der Waals surface area contributed by atoms with Gasteiger partial charge in [0.25, 0.3) is 5.56 Å². The third-order valence-electron chi connectivity index (χ3n) is 2.18. The van der Waals surface area contributed by atoms with Crippen LogP contribution in [0.1, 0.15) is 5.56 Å². The van der Waals surface area contributed by atoms with E-state index in [0.717, 1.165) is 16.3 Å². The average Bonchev–Trinajstić information content (AvgIpc) is 2.12. The second-order valence-corrected chi connectivity index (χ2v) is 3.15. The fourth-order valence-electron chi connectivity index (χ4n) is 1.44. The second-order valence-electron chi connectivity index (χ2n) is 3.15. The summed E-state index contributed by atoms with van der Waals surface area (Å²) in [5, 5.41) is 1.67. The molecule has 0 fully saturated rings. The number of hydrogen-bond acceptors (Lipinski definition) is 2. The first-order valence-corrected chi connectivity index (χ1v) is 4.10. The minimum atomic E-state index is 0.0393. The Hall–Kier alpha value is -1.64. The molecule has 0 aliphatic heterocycles. The molecule has 3 heteroatoms. The van der Waals surface area contributed by atoms with E-state index in [1.54, 1.807) is 30.2 Å². The SMILES string of the molecule is Cc1cncc2ccn(C)c(=O)c12. The van der Waals surface area contributed by atoms with Gasteiger partial charge in [0.1, 0.15) is 0 Å². The van der Waals surface area contributed by atoms with Crippen molar-refractivity contribution in [3.8, 4) is 0 Å². The lowest BCUT2D eigenvalue weighted by atomic mass is 10.1. The molecule has 0 radical (unpaired) electrons. The molecule has 2 aromatic rings. The quantitative estimate of drug-likeness (QED) is 0.602. The number of nitrogens with zero attached hydrogens (tertiary/aromatic N) is 2. The number of aryl methyl sites for hydroxylation is 2. The minimum Gasteiger partial charge on any atom is -0.318 e. The van der Waals surface area contributed by atoms with Gasteiger partial charge in [-0.05, 0) is 18.6 Å². The number of rotatable bonds is 0. The zero-order chi connectivity index (χ0) is 9.42. The predicted molar refractivity (Wildman–Crippen MR) is 51.7 cm³/mol. The zero-order valence-corrected chi connectivity index (χ0v) is 7.61. The Morgan fingerprint density at radius 2 is 2.15 bits per heavy atom. The molecule has 0 saturated carbocycles. The van der Waals surface area contributed by atoms with E-state index in [1.165, 1.54) is 0 Å². The molecule has 0 bridgehead atoms. The molecular formula is C10H10N2O. The van der Waals surface area contributed by atoms with Crippen LogP contribution in [0.15, 0.2) is 29.5 Å². The number of pyridine rings is 2. The average molecular weight is 174 g/mol. The Bertz CT molecular complexity index is 514. The Morgan fingerprint density at radius 3 is 2.92 bits per heavy atom. The van der Waals surface area contributed by atoms with Gasteiger partial charge in [-0.2, -0.15) is 0 Å². The van der Waals surface area contributed by atoms with Crippen molar-refractivity contribution in [3.63, 3.8) is 0 Å². The smallest absolute Gasteiger partial charge is 0.258 e. The lowest BCUT2D eigenvalue weighted by Crippen LogP contribution is -2.16. The van der Waals surface area contributed by atoms with Gasteiger partial charge < -0.3 is 4.57 Å². The van der Waals surface area contributed by atoms with Gasteiger partial charge in [0.05, 0.1) is 5.39 Å². The van der Waals surface area contributed by atoms with Crippen LogP contribution in [0.3, 0.4) is 0 Å². The van der Waals surface area contributed by atoms with Gasteiger partial charge in [-0.3, -0.25) is 9.78 Å². The van der Waals surface area contributed by atoms with Crippen LogP contribution < -0.4 is 5.56 Å². The van der Waals surface area contributed by atoms with Crippen LogP contribution in [0.25, 0.3) is 10.8 Å². The summed E-state index contributed by atoms with van der Waals surface area (Å²) in [4.78, 5) is 15.7. The van der Waals surface area contributed by atoms with E-state index in [1.807, 2.05) is 13.0 Å². The zero-order valence-electron chi connectivity index (χ0n) is 7.61. The minimum absolute atomic E-state index is 0.0393. The van der Waals surface area contributed by atoms with Crippen LogP contribution in [-0.2, 0) is 7.05 Å². The van der Waals surface area contributed by atoms with Crippen molar-refractivity contribution in [2.24, 2.45) is 7.05 Å². The molecule has 2 aromatic heterocycles. The van der Waals surface area contributed by atoms with Crippen molar-refractivity contribution in [3.05, 3.63) is 40.6 Å². The highest BCUT2D eigenvalue weighted by Crippen LogP contribution is 2.10. The molecule has 0 saturated heterocycles. The van der Waals surface area contributed by atoms with Gasteiger partial charge in [0.2, 0.25) is 0 Å². The van der Waals surface area contributed by atoms with E-state index in [4.69, 9.17) is 0 Å². The van der Waals surface area contributed by atoms with Crippen LogP contribution in [0, 0.1) is 6.92 Å². The summed E-state index contributed by atoms with van der Waals surface area (Å²) < 4.78 is 1.58. The van der Waals surface area contributed by atoms with Gasteiger partial charge >= 0.3 is 0 Å². The van der Waals surface area contributed by atoms with Crippen molar-refractivity contribution >= 4 is 10.8 Å². The molecule has 13 heavy (non-hydrogen) atoms. The second kappa shape index (κ2) is 2.69. The predicted octanol–water partition coefficient (Wildman–Crippen LogP) is 1.24. The molecule has 0 amide bonds. The summed E-state index contributed by atoms with van der Waals surface area (Å²) in [6, 6.07) is 1.90. The summed E-state index contributed by atoms with van der Waals surface area (Å²) in [6.07, 6.45) is 5.18. The summed E-state index contributed by atoms with van der Waals surface area (Å²) in [6.45, 7) is 1.90. The molecule has 0 unspecified atom stereocenters. The molecular weight excluding hydrogens is 164 g/mol. The third-order valence-corrected chi connectivity index (χ3v) is 2.18. The van der Waals surface area contributed by atoms with Crippen molar-refractivity contribution < 1.29 is 0 Å². The van der Waals surface area contributed by atoms with Gasteiger partial charge in [0, 0.05) is 31.0 Å². The molecule has 0 aliphatic rings. The monoisotopic (exact) mass is 174 g/mol. The molecule has 0 N–H and O–H groups in total. The summed E-state index contributed by atoms with van der Waals surface area (Å²) >= 11 is 0. The van der Waals surface area contributed by atoms with E-state index in [2.05, 4.69) is 4.98 Å². The maximum Gasteiger partial charge on any atom is 0.258 e. The largest absolute Gasteiger partial charge is 0.318 e. The van der Waals surface area contributed by atoms with E-state index in [0.29, 0.717) is 0 Å². The van der Waals surface area contributed by atoms with Gasteiger partial charge in [-0.1, -0.05) is 0 Å². The van der Waals surface area contributed by atoms with Crippen molar-refractivity contribution in [1.29, 1.82) is 0 Å². The maximum absolute atomic E-state index is 11.7. The fraction of sp³-hybridized carbons (Fsp3) is 0.200. The first-order chi connectivity index (χ1) is 6.20. The normalized spacial score (nSPS) is 10.6.